The molecule has 0 aromatic heterocycles. The average Bonchev–Trinajstić information content (AvgIpc) is 3.52. The minimum absolute atomic E-state index is 0.0312. The van der Waals surface area contributed by atoms with Crippen molar-refractivity contribution in [1.82, 2.24) is 20.0 Å². The molecular weight excluding hydrogens is 575 g/mol. The van der Waals surface area contributed by atoms with Gasteiger partial charge in [-0.05, 0) is 83.2 Å². The quantitative estimate of drug-likeness (QED) is 0.472. The molecule has 1 N–H and O–H groups in total. The number of halogens is 2. The van der Waals surface area contributed by atoms with Gasteiger partial charge < -0.3 is 24.8 Å². The van der Waals surface area contributed by atoms with Gasteiger partial charge in [-0.2, -0.15) is 0 Å². The second-order valence-electron chi connectivity index (χ2n) is 12.9. The highest BCUT2D eigenvalue weighted by molar-refractivity contribution is 6.42. The number of nitrogens with one attached hydrogen (secondary N) is 1. The molecule has 2 bridgehead atoms. The van der Waals surface area contributed by atoms with E-state index in [0.29, 0.717) is 41.8 Å². The average molecular weight is 616 g/mol. The normalized spacial score (nSPS) is 23.8. The van der Waals surface area contributed by atoms with Crippen molar-refractivity contribution in [1.29, 1.82) is 0 Å². The molecule has 2 heterocycles. The third-order valence-corrected chi connectivity index (χ3v) is 9.21. The van der Waals surface area contributed by atoms with Gasteiger partial charge in [0, 0.05) is 43.8 Å². The lowest BCUT2D eigenvalue weighted by molar-refractivity contribution is -0.135. The van der Waals surface area contributed by atoms with Crippen LogP contribution < -0.4 is 5.32 Å². The van der Waals surface area contributed by atoms with Crippen LogP contribution >= 0.6 is 23.2 Å². The van der Waals surface area contributed by atoms with Crippen molar-refractivity contribution in [2.75, 3.05) is 32.7 Å². The van der Waals surface area contributed by atoms with Crippen LogP contribution in [0.15, 0.2) is 36.4 Å². The van der Waals surface area contributed by atoms with E-state index in [-0.39, 0.29) is 48.5 Å². The van der Waals surface area contributed by atoms with Crippen LogP contribution in [0.4, 0.5) is 4.79 Å². The van der Waals surface area contributed by atoms with Crippen molar-refractivity contribution in [3.8, 4) is 0 Å². The lowest BCUT2D eigenvalue weighted by atomic mass is 10.00. The molecule has 3 amide bonds. The maximum atomic E-state index is 13.7. The fourth-order valence-electron chi connectivity index (χ4n) is 6.62. The molecule has 2 aliphatic heterocycles. The summed E-state index contributed by atoms with van der Waals surface area (Å²) in [5.41, 5.74) is 3.03. The topological polar surface area (TPSA) is 82.2 Å². The fraction of sp³-hybridized carbons (Fsp3) is 0.531. The second-order valence-corrected chi connectivity index (χ2v) is 13.7. The van der Waals surface area contributed by atoms with Crippen molar-refractivity contribution in [3.05, 3.63) is 68.7 Å². The summed E-state index contributed by atoms with van der Waals surface area (Å²) in [5, 5.41) is 4.34. The van der Waals surface area contributed by atoms with Crippen LogP contribution in [0.1, 0.15) is 66.7 Å². The van der Waals surface area contributed by atoms with Gasteiger partial charge in [0.2, 0.25) is 5.91 Å². The molecule has 0 radical (unpaired) electrons. The van der Waals surface area contributed by atoms with E-state index in [1.807, 2.05) is 73.6 Å². The first-order valence-electron chi connectivity index (χ1n) is 14.6. The van der Waals surface area contributed by atoms with E-state index in [4.69, 9.17) is 27.9 Å². The number of piperidine rings is 1. The zero-order valence-corrected chi connectivity index (χ0v) is 26.5. The highest BCUT2D eigenvalue weighted by Gasteiger charge is 2.47. The van der Waals surface area contributed by atoms with E-state index in [2.05, 4.69) is 5.32 Å². The summed E-state index contributed by atoms with van der Waals surface area (Å²) in [6.07, 6.45) is 1.45. The van der Waals surface area contributed by atoms with E-state index in [0.717, 1.165) is 29.5 Å². The van der Waals surface area contributed by atoms with Crippen LogP contribution in [0.3, 0.4) is 0 Å². The first-order valence-corrected chi connectivity index (χ1v) is 15.4. The molecule has 5 rings (SSSR count). The monoisotopic (exact) mass is 614 g/mol. The third kappa shape index (κ3) is 6.71. The van der Waals surface area contributed by atoms with Crippen molar-refractivity contribution in [3.63, 3.8) is 0 Å². The molecule has 42 heavy (non-hydrogen) atoms. The lowest BCUT2D eigenvalue weighted by Crippen LogP contribution is -2.55. The summed E-state index contributed by atoms with van der Waals surface area (Å²) in [6.45, 7) is 11.6. The van der Waals surface area contributed by atoms with Crippen molar-refractivity contribution in [2.45, 2.75) is 71.2 Å². The number of hydrogen-bond donors (Lipinski definition) is 1. The van der Waals surface area contributed by atoms with E-state index in [1.54, 1.807) is 12.1 Å². The number of nitrogens with zero attached hydrogens (tertiary/aromatic N) is 3. The number of carbonyl (C=O) groups is 3. The van der Waals surface area contributed by atoms with Gasteiger partial charge in [0.25, 0.3) is 5.91 Å². The van der Waals surface area contributed by atoms with Gasteiger partial charge in [0.05, 0.1) is 22.6 Å². The Morgan fingerprint density at radius 2 is 1.64 bits per heavy atom. The number of fused-ring (bicyclic) bond motifs is 2. The summed E-state index contributed by atoms with van der Waals surface area (Å²) < 4.78 is 5.58. The number of rotatable bonds is 5. The van der Waals surface area contributed by atoms with Crippen molar-refractivity contribution >= 4 is 41.1 Å². The smallest absolute Gasteiger partial charge is 0.410 e. The Labute approximate surface area is 258 Å². The van der Waals surface area contributed by atoms with Crippen LogP contribution in [0.2, 0.25) is 10.0 Å². The molecular formula is C32H40Cl2N4O4. The van der Waals surface area contributed by atoms with Crippen molar-refractivity contribution in [2.24, 2.45) is 5.92 Å². The Balaban J connectivity index is 1.26. The summed E-state index contributed by atoms with van der Waals surface area (Å²) in [7, 11) is 0. The summed E-state index contributed by atoms with van der Waals surface area (Å²) in [4.78, 5) is 45.3. The molecule has 8 nitrogen and oxygen atoms in total. The van der Waals surface area contributed by atoms with E-state index in [9.17, 15) is 14.4 Å². The molecule has 4 atom stereocenters. The molecule has 2 saturated heterocycles. The van der Waals surface area contributed by atoms with E-state index >= 15 is 0 Å². The first-order chi connectivity index (χ1) is 19.8. The Kier molecular flexibility index (Phi) is 8.80. The van der Waals surface area contributed by atoms with Gasteiger partial charge in [0.15, 0.2) is 0 Å². The molecule has 2 unspecified atom stereocenters. The van der Waals surface area contributed by atoms with Gasteiger partial charge >= 0.3 is 6.09 Å². The molecule has 3 fully saturated rings. The summed E-state index contributed by atoms with van der Waals surface area (Å²) in [5.74, 6) is 0.207. The summed E-state index contributed by atoms with van der Waals surface area (Å²) in [6, 6.07) is 11.2. The SMILES string of the molecule is Cc1cc(C)cc(C(=O)N2CCN(C(=O)CN[C@H]3CC4CC3CN4C(=O)OC(C)(C)C)[C@H](c3ccc(Cl)c(Cl)c3)C2)c1. The number of carbonyl (C=O) groups excluding carboxylic acids is 3. The molecule has 2 aromatic rings. The van der Waals surface area contributed by atoms with Crippen LogP contribution in [-0.2, 0) is 9.53 Å². The number of hydrogen-bond acceptors (Lipinski definition) is 5. The van der Waals surface area contributed by atoms with Crippen LogP contribution in [-0.4, -0.2) is 83.0 Å². The highest BCUT2D eigenvalue weighted by atomic mass is 35.5. The number of benzene rings is 2. The van der Waals surface area contributed by atoms with Gasteiger partial charge in [-0.1, -0.05) is 46.5 Å². The molecule has 10 heteroatoms. The maximum Gasteiger partial charge on any atom is 0.410 e. The number of piperazine rings is 1. The van der Waals surface area contributed by atoms with Crippen LogP contribution in [0.5, 0.6) is 0 Å². The van der Waals surface area contributed by atoms with Gasteiger partial charge in [-0.15, -0.1) is 0 Å². The maximum absolute atomic E-state index is 13.7. The fourth-order valence-corrected chi connectivity index (χ4v) is 6.93. The van der Waals surface area contributed by atoms with Gasteiger partial charge in [-0.25, -0.2) is 4.79 Å². The predicted octanol–water partition coefficient (Wildman–Crippen LogP) is 5.62. The molecule has 3 aliphatic rings. The Bertz CT molecular complexity index is 1360. The number of aryl methyl sites for hydroxylation is 2. The summed E-state index contributed by atoms with van der Waals surface area (Å²) >= 11 is 12.6. The number of amides is 3. The molecule has 0 spiro atoms. The molecule has 1 aliphatic carbocycles. The first kappa shape index (κ1) is 30.6. The number of likely N-dealkylation sites (tertiary alicyclic amines) is 1. The Hall–Kier alpha value is -2.81. The van der Waals surface area contributed by atoms with Crippen molar-refractivity contribution < 1.29 is 19.1 Å². The zero-order valence-electron chi connectivity index (χ0n) is 25.0. The third-order valence-electron chi connectivity index (χ3n) is 8.47. The zero-order chi connectivity index (χ0) is 30.3. The van der Waals surface area contributed by atoms with Crippen LogP contribution in [0, 0.1) is 19.8 Å². The standard InChI is InChI=1S/C32H40Cl2N4O4/c1-19-10-20(2)12-22(11-19)30(40)36-8-9-37(28(18-36)21-6-7-25(33)26(34)14-21)29(39)16-35-27-15-24-13-23(27)17-38(24)31(41)42-32(3,4)5/h6-7,10-12,14,23-24,27-28,35H,8-9,13,15-18H2,1-5H3/t23?,24?,27-,28-/m0/s1. The number of ether oxygens (including phenoxy) is 1. The van der Waals surface area contributed by atoms with E-state index in [1.165, 1.54) is 0 Å². The Morgan fingerprint density at radius 1 is 0.929 bits per heavy atom. The van der Waals surface area contributed by atoms with E-state index < -0.39 is 5.60 Å². The van der Waals surface area contributed by atoms with Gasteiger partial charge in [0.1, 0.15) is 5.60 Å². The largest absolute Gasteiger partial charge is 0.444 e. The molecule has 2 aromatic carbocycles. The predicted molar refractivity (Wildman–Crippen MR) is 164 cm³/mol. The molecule has 226 valence electrons. The minimum Gasteiger partial charge on any atom is -0.444 e. The second kappa shape index (κ2) is 12.1. The highest BCUT2D eigenvalue weighted by Crippen LogP contribution is 2.39. The lowest BCUT2D eigenvalue weighted by Gasteiger charge is -2.42. The van der Waals surface area contributed by atoms with Gasteiger partial charge in [-0.3, -0.25) is 9.59 Å². The van der Waals surface area contributed by atoms with Crippen LogP contribution in [0.25, 0.3) is 0 Å². The molecule has 1 saturated carbocycles. The minimum atomic E-state index is -0.526. The Morgan fingerprint density at radius 3 is 2.26 bits per heavy atom.